The Morgan fingerprint density at radius 1 is 0.404 bits per heavy atom. The zero-order chi connectivity index (χ0) is 34.6. The van der Waals surface area contributed by atoms with Gasteiger partial charge in [0.05, 0.1) is 34.3 Å². The summed E-state index contributed by atoms with van der Waals surface area (Å²) >= 11 is 0. The van der Waals surface area contributed by atoms with E-state index in [4.69, 9.17) is 21.5 Å². The largest absolute Gasteiger partial charge is 0.319 e. The summed E-state index contributed by atoms with van der Waals surface area (Å²) in [7, 11) is 0. The molecule has 0 N–H and O–H groups in total. The molecule has 6 heteroatoms. The molecule has 7 aromatic carbocycles. The highest BCUT2D eigenvalue weighted by molar-refractivity contribution is 6.26. The van der Waals surface area contributed by atoms with Crippen molar-refractivity contribution in [2.45, 2.75) is 0 Å². The van der Waals surface area contributed by atoms with Gasteiger partial charge in [-0.1, -0.05) is 121 Å². The van der Waals surface area contributed by atoms with Gasteiger partial charge in [0, 0.05) is 43.9 Å². The highest BCUT2D eigenvalue weighted by Gasteiger charge is 2.22. The molecular weight excluding hydrogens is 637 g/mol. The van der Waals surface area contributed by atoms with Crippen molar-refractivity contribution in [2.24, 2.45) is 0 Å². The smallest absolute Gasteiger partial charge is 0.210 e. The molecule has 52 heavy (non-hydrogen) atoms. The molecule has 0 saturated carbocycles. The van der Waals surface area contributed by atoms with Crippen LogP contribution in [0.1, 0.15) is 0 Å². The minimum Gasteiger partial charge on any atom is -0.319 e. The second-order valence-corrected chi connectivity index (χ2v) is 12.7. The van der Waals surface area contributed by atoms with E-state index in [1.807, 2.05) is 84.9 Å². The summed E-state index contributed by atoms with van der Waals surface area (Å²) in [6, 6.07) is 57.9. The molecule has 242 valence electrons. The Morgan fingerprint density at radius 3 is 1.56 bits per heavy atom. The van der Waals surface area contributed by atoms with Crippen molar-refractivity contribution in [3.63, 3.8) is 0 Å². The van der Waals surface area contributed by atoms with Gasteiger partial charge >= 0.3 is 0 Å². The molecule has 3 aromatic heterocycles. The predicted octanol–water partition coefficient (Wildman–Crippen LogP) is 11.6. The molecule has 0 bridgehead atoms. The predicted molar refractivity (Wildman–Crippen MR) is 211 cm³/mol. The lowest BCUT2D eigenvalue weighted by molar-refractivity contribution is 1.07. The molecule has 10 rings (SSSR count). The molecule has 0 atom stereocenters. The molecule has 0 saturated heterocycles. The Hall–Kier alpha value is -7.36. The summed E-state index contributed by atoms with van der Waals surface area (Å²) in [6.07, 6.45) is 0. The number of para-hydroxylation sites is 4. The first-order valence-electron chi connectivity index (χ1n) is 17.2. The van der Waals surface area contributed by atoms with Crippen molar-refractivity contribution in [2.75, 3.05) is 0 Å². The van der Waals surface area contributed by atoms with Crippen molar-refractivity contribution in [3.8, 4) is 45.5 Å². The van der Waals surface area contributed by atoms with Gasteiger partial charge in [-0.3, -0.25) is 0 Å². The summed E-state index contributed by atoms with van der Waals surface area (Å²) in [5.74, 6) is 1.88. The molecule has 0 spiro atoms. The van der Waals surface area contributed by atoms with E-state index in [2.05, 4.69) is 98.9 Å². The van der Waals surface area contributed by atoms with Crippen LogP contribution in [0.15, 0.2) is 170 Å². The molecule has 0 fully saturated rings. The average molecular weight is 665 g/mol. The van der Waals surface area contributed by atoms with Crippen LogP contribution in [0.25, 0.3) is 94.0 Å². The summed E-state index contributed by atoms with van der Waals surface area (Å²) in [6.45, 7) is 7.94. The van der Waals surface area contributed by atoms with E-state index in [1.165, 1.54) is 10.8 Å². The van der Waals surface area contributed by atoms with Crippen molar-refractivity contribution in [1.29, 1.82) is 0 Å². The van der Waals surface area contributed by atoms with E-state index in [-0.39, 0.29) is 0 Å². The molecule has 10 aromatic rings. The van der Waals surface area contributed by atoms with Crippen molar-refractivity contribution >= 4 is 49.3 Å². The SMILES string of the molecule is [C-]#[N+]c1ccccc1-n1c2ccccc2c2c1ccc1c3ccccc3n(-c3ccc(-c4nc(-c5ccccc5)nc(-c5ccccc5)n4)cc3)c12. The summed E-state index contributed by atoms with van der Waals surface area (Å²) in [5.41, 5.74) is 9.65. The first-order valence-corrected chi connectivity index (χ1v) is 17.2. The normalized spacial score (nSPS) is 11.4. The van der Waals surface area contributed by atoms with Gasteiger partial charge in [0.1, 0.15) is 0 Å². The molecule has 0 unspecified atom stereocenters. The maximum Gasteiger partial charge on any atom is 0.210 e. The number of aromatic nitrogens is 5. The topological polar surface area (TPSA) is 52.9 Å². The Morgan fingerprint density at radius 2 is 0.923 bits per heavy atom. The van der Waals surface area contributed by atoms with Crippen LogP contribution in [0, 0.1) is 6.57 Å². The van der Waals surface area contributed by atoms with Gasteiger partial charge in [0.2, 0.25) is 5.69 Å². The monoisotopic (exact) mass is 664 g/mol. The van der Waals surface area contributed by atoms with Gasteiger partial charge in [-0.2, -0.15) is 0 Å². The number of hydrogen-bond acceptors (Lipinski definition) is 3. The quantitative estimate of drug-likeness (QED) is 0.172. The molecule has 3 heterocycles. The first-order chi connectivity index (χ1) is 25.8. The van der Waals surface area contributed by atoms with Crippen LogP contribution in [0.3, 0.4) is 0 Å². The van der Waals surface area contributed by atoms with Crippen LogP contribution in [-0.4, -0.2) is 24.1 Å². The van der Waals surface area contributed by atoms with Gasteiger partial charge < -0.3 is 9.13 Å². The lowest BCUT2D eigenvalue weighted by Gasteiger charge is -2.12. The van der Waals surface area contributed by atoms with Crippen LogP contribution in [0.2, 0.25) is 0 Å². The highest BCUT2D eigenvalue weighted by Crippen LogP contribution is 2.43. The fraction of sp³-hybridized carbons (Fsp3) is 0. The van der Waals surface area contributed by atoms with Gasteiger partial charge in [-0.05, 0) is 48.5 Å². The second kappa shape index (κ2) is 11.9. The average Bonchev–Trinajstić information content (AvgIpc) is 3.74. The van der Waals surface area contributed by atoms with Crippen LogP contribution >= 0.6 is 0 Å². The molecular formula is C46H28N6. The number of fused-ring (bicyclic) bond motifs is 7. The van der Waals surface area contributed by atoms with Crippen LogP contribution < -0.4 is 0 Å². The molecule has 0 aliphatic rings. The van der Waals surface area contributed by atoms with Gasteiger partial charge in [-0.25, -0.2) is 19.8 Å². The fourth-order valence-electron chi connectivity index (χ4n) is 7.48. The maximum absolute atomic E-state index is 7.94. The number of nitrogens with zero attached hydrogens (tertiary/aromatic N) is 6. The fourth-order valence-corrected chi connectivity index (χ4v) is 7.48. The first kappa shape index (κ1) is 29.5. The van der Waals surface area contributed by atoms with E-state index < -0.39 is 0 Å². The van der Waals surface area contributed by atoms with E-state index in [0.29, 0.717) is 23.2 Å². The number of benzene rings is 7. The summed E-state index contributed by atoms with van der Waals surface area (Å²) in [4.78, 5) is 18.7. The van der Waals surface area contributed by atoms with Crippen LogP contribution in [0.5, 0.6) is 0 Å². The van der Waals surface area contributed by atoms with E-state index in [9.17, 15) is 0 Å². The molecule has 0 radical (unpaired) electrons. The van der Waals surface area contributed by atoms with E-state index >= 15 is 0 Å². The second-order valence-electron chi connectivity index (χ2n) is 12.7. The summed E-state index contributed by atoms with van der Waals surface area (Å²) < 4.78 is 4.60. The Labute approximate surface area is 299 Å². The highest BCUT2D eigenvalue weighted by atomic mass is 15.0. The molecule has 0 aliphatic carbocycles. The number of hydrogen-bond donors (Lipinski definition) is 0. The zero-order valence-electron chi connectivity index (χ0n) is 27.8. The minimum absolute atomic E-state index is 0.616. The third-order valence-electron chi connectivity index (χ3n) is 9.80. The van der Waals surface area contributed by atoms with Crippen molar-refractivity contribution in [1.82, 2.24) is 24.1 Å². The Kier molecular flexibility index (Phi) is 6.76. The van der Waals surface area contributed by atoms with Crippen molar-refractivity contribution in [3.05, 3.63) is 181 Å². The Balaban J connectivity index is 1.20. The van der Waals surface area contributed by atoms with E-state index in [1.54, 1.807) is 0 Å². The lowest BCUT2D eigenvalue weighted by atomic mass is 10.1. The molecule has 0 aliphatic heterocycles. The zero-order valence-corrected chi connectivity index (χ0v) is 27.8. The van der Waals surface area contributed by atoms with Gasteiger partial charge in [0.15, 0.2) is 17.5 Å². The van der Waals surface area contributed by atoms with Crippen LogP contribution in [-0.2, 0) is 0 Å². The standard InChI is InChI=1S/C46H28N6/c1-47-37-20-10-13-23-40(37)52-39-22-12-9-19-36(39)42-41(52)29-28-35-34-18-8-11-21-38(34)51(43(35)42)33-26-24-32(25-27-33)46-49-44(30-14-4-2-5-15-30)48-45(50-46)31-16-6-3-7-17-31/h2-29H. The summed E-state index contributed by atoms with van der Waals surface area (Å²) in [5, 5.41) is 4.63. The van der Waals surface area contributed by atoms with Crippen LogP contribution in [0.4, 0.5) is 5.69 Å². The number of rotatable bonds is 5. The lowest BCUT2D eigenvalue weighted by Crippen LogP contribution is -2.00. The third kappa shape index (κ3) is 4.61. The minimum atomic E-state index is 0.616. The van der Waals surface area contributed by atoms with E-state index in [0.717, 1.165) is 60.9 Å². The molecule has 6 nitrogen and oxygen atoms in total. The maximum atomic E-state index is 7.94. The Bertz CT molecular complexity index is 2950. The molecule has 0 amide bonds. The third-order valence-corrected chi connectivity index (χ3v) is 9.80. The van der Waals surface area contributed by atoms with Crippen molar-refractivity contribution < 1.29 is 0 Å². The van der Waals surface area contributed by atoms with Gasteiger partial charge in [0.25, 0.3) is 0 Å². The van der Waals surface area contributed by atoms with Gasteiger partial charge in [-0.15, -0.1) is 0 Å².